The topological polar surface area (TPSA) is 84.7 Å². The largest absolute Gasteiger partial charge is 0.367 e. The number of urea groups is 1. The smallest absolute Gasteiger partial charge is 0.317 e. The second-order valence-corrected chi connectivity index (χ2v) is 6.70. The number of ether oxygens (including phenoxy) is 1. The van der Waals surface area contributed by atoms with E-state index in [4.69, 9.17) is 10.5 Å². The molecule has 6 nitrogen and oxygen atoms in total. The number of amides is 3. The van der Waals surface area contributed by atoms with Gasteiger partial charge in [-0.25, -0.2) is 4.79 Å². The summed E-state index contributed by atoms with van der Waals surface area (Å²) < 4.78 is 5.13. The van der Waals surface area contributed by atoms with E-state index < -0.39 is 11.5 Å². The first kappa shape index (κ1) is 16.5. The number of rotatable bonds is 5. The first-order valence-corrected chi connectivity index (χ1v) is 8.43. The van der Waals surface area contributed by atoms with E-state index in [9.17, 15) is 9.59 Å². The molecule has 1 saturated heterocycles. The summed E-state index contributed by atoms with van der Waals surface area (Å²) in [7, 11) is 1.43. The average molecular weight is 345 g/mol. The molecule has 2 aromatic rings. The summed E-state index contributed by atoms with van der Waals surface area (Å²) in [6.07, 6.45) is 0. The summed E-state index contributed by atoms with van der Waals surface area (Å²) >= 11 is 1.69. The third kappa shape index (κ3) is 3.13. The molecule has 1 aliphatic heterocycles. The molecule has 0 unspecified atom stereocenters. The van der Waals surface area contributed by atoms with Crippen LogP contribution in [0.5, 0.6) is 0 Å². The highest BCUT2D eigenvalue weighted by Gasteiger charge is 2.50. The molecule has 0 aliphatic carbocycles. The predicted molar refractivity (Wildman–Crippen MR) is 92.5 cm³/mol. The van der Waals surface area contributed by atoms with Gasteiger partial charge in [0, 0.05) is 18.5 Å². The van der Waals surface area contributed by atoms with Gasteiger partial charge in [-0.05, 0) is 22.6 Å². The molecular weight excluding hydrogens is 326 g/mol. The zero-order chi connectivity index (χ0) is 17.2. The van der Waals surface area contributed by atoms with Gasteiger partial charge >= 0.3 is 6.03 Å². The first-order valence-electron chi connectivity index (χ1n) is 7.55. The fourth-order valence-corrected chi connectivity index (χ4v) is 3.35. The van der Waals surface area contributed by atoms with Crippen LogP contribution in [0.2, 0.25) is 0 Å². The Balaban J connectivity index is 1.51. The number of thiophene rings is 1. The minimum absolute atomic E-state index is 0.183. The van der Waals surface area contributed by atoms with Crippen LogP contribution in [-0.4, -0.2) is 42.6 Å². The summed E-state index contributed by atoms with van der Waals surface area (Å²) in [5, 5.41) is 4.88. The maximum absolute atomic E-state index is 12.1. The first-order chi connectivity index (χ1) is 11.5. The van der Waals surface area contributed by atoms with Gasteiger partial charge in [0.15, 0.2) is 5.60 Å². The molecule has 7 heteroatoms. The number of nitrogens with zero attached hydrogens (tertiary/aromatic N) is 1. The Morgan fingerprint density at radius 2 is 2.00 bits per heavy atom. The van der Waals surface area contributed by atoms with Crippen LogP contribution >= 0.6 is 11.3 Å². The van der Waals surface area contributed by atoms with Crippen molar-refractivity contribution in [2.24, 2.45) is 5.73 Å². The highest BCUT2D eigenvalue weighted by atomic mass is 32.1. The fourth-order valence-electron chi connectivity index (χ4n) is 2.62. The lowest BCUT2D eigenvalue weighted by Crippen LogP contribution is -2.71. The lowest BCUT2D eigenvalue weighted by Gasteiger charge is -2.46. The van der Waals surface area contributed by atoms with E-state index in [1.807, 2.05) is 35.7 Å². The SMILES string of the molecule is COC1(C(N)=O)CN(C(=O)NCc2ccc(-c3cccs3)cc2)C1. The number of nitrogens with two attached hydrogens (primary N) is 1. The Morgan fingerprint density at radius 1 is 1.29 bits per heavy atom. The van der Waals surface area contributed by atoms with E-state index in [0.717, 1.165) is 11.1 Å². The molecule has 24 heavy (non-hydrogen) atoms. The summed E-state index contributed by atoms with van der Waals surface area (Å²) in [5.74, 6) is -0.543. The van der Waals surface area contributed by atoms with Crippen molar-refractivity contribution >= 4 is 23.3 Å². The van der Waals surface area contributed by atoms with E-state index in [-0.39, 0.29) is 19.1 Å². The summed E-state index contributed by atoms with van der Waals surface area (Å²) in [6, 6.07) is 11.9. The van der Waals surface area contributed by atoms with Crippen molar-refractivity contribution < 1.29 is 14.3 Å². The van der Waals surface area contributed by atoms with Crippen LogP contribution in [0.3, 0.4) is 0 Å². The molecule has 0 bridgehead atoms. The summed E-state index contributed by atoms with van der Waals surface area (Å²) in [5.41, 5.74) is 6.43. The number of carbonyl (C=O) groups is 2. The van der Waals surface area contributed by atoms with Crippen LogP contribution in [0.15, 0.2) is 41.8 Å². The molecule has 3 rings (SSSR count). The minimum Gasteiger partial charge on any atom is -0.367 e. The molecule has 0 spiro atoms. The number of primary amides is 1. The van der Waals surface area contributed by atoms with Gasteiger partial charge in [-0.1, -0.05) is 30.3 Å². The van der Waals surface area contributed by atoms with Crippen molar-refractivity contribution in [2.75, 3.05) is 20.2 Å². The maximum atomic E-state index is 12.1. The Kier molecular flexibility index (Phi) is 4.55. The molecule has 3 amide bonds. The number of likely N-dealkylation sites (tertiary alicyclic amines) is 1. The van der Waals surface area contributed by atoms with Crippen molar-refractivity contribution in [2.45, 2.75) is 12.1 Å². The molecular formula is C17H19N3O3S. The van der Waals surface area contributed by atoms with Crippen molar-refractivity contribution in [1.82, 2.24) is 10.2 Å². The molecule has 1 aliphatic rings. The molecule has 2 heterocycles. The minimum atomic E-state index is -1.04. The lowest BCUT2D eigenvalue weighted by atomic mass is 9.93. The van der Waals surface area contributed by atoms with Gasteiger partial charge in [-0.2, -0.15) is 0 Å². The van der Waals surface area contributed by atoms with Gasteiger partial charge in [0.1, 0.15) is 0 Å². The molecule has 1 fully saturated rings. The van der Waals surface area contributed by atoms with Crippen LogP contribution < -0.4 is 11.1 Å². The molecule has 1 aromatic carbocycles. The zero-order valence-electron chi connectivity index (χ0n) is 13.3. The molecule has 126 valence electrons. The maximum Gasteiger partial charge on any atom is 0.317 e. The molecule has 0 atom stereocenters. The van der Waals surface area contributed by atoms with Crippen molar-refractivity contribution in [3.8, 4) is 10.4 Å². The van der Waals surface area contributed by atoms with E-state index >= 15 is 0 Å². The highest BCUT2D eigenvalue weighted by Crippen LogP contribution is 2.25. The van der Waals surface area contributed by atoms with Gasteiger partial charge in [0.2, 0.25) is 0 Å². The number of hydrogen-bond donors (Lipinski definition) is 2. The van der Waals surface area contributed by atoms with Gasteiger partial charge < -0.3 is 20.7 Å². The molecule has 1 aromatic heterocycles. The number of benzene rings is 1. The summed E-state index contributed by atoms with van der Waals surface area (Å²) in [6.45, 7) is 0.792. The van der Waals surface area contributed by atoms with Gasteiger partial charge in [-0.3, -0.25) is 4.79 Å². The van der Waals surface area contributed by atoms with Gasteiger partial charge in [0.05, 0.1) is 13.1 Å². The zero-order valence-corrected chi connectivity index (χ0v) is 14.1. The second-order valence-electron chi connectivity index (χ2n) is 5.75. The normalized spacial score (nSPS) is 15.6. The summed E-state index contributed by atoms with van der Waals surface area (Å²) in [4.78, 5) is 26.2. The van der Waals surface area contributed by atoms with E-state index in [0.29, 0.717) is 6.54 Å². The fraction of sp³-hybridized carbons (Fsp3) is 0.294. The monoisotopic (exact) mass is 345 g/mol. The standard InChI is InChI=1S/C17H19N3O3S/c1-23-17(15(18)21)10-20(11-17)16(22)19-9-12-4-6-13(7-5-12)14-3-2-8-24-14/h2-8H,9-11H2,1H3,(H2,18,21)(H,19,22). The molecule has 0 radical (unpaired) electrons. The Hall–Kier alpha value is -2.38. The van der Waals surface area contributed by atoms with E-state index in [1.54, 1.807) is 11.3 Å². The van der Waals surface area contributed by atoms with Crippen LogP contribution in [0.1, 0.15) is 5.56 Å². The Bertz CT molecular complexity index is 722. The Morgan fingerprint density at radius 3 is 2.54 bits per heavy atom. The molecule has 3 N–H and O–H groups in total. The van der Waals surface area contributed by atoms with E-state index in [2.05, 4.69) is 11.4 Å². The van der Waals surface area contributed by atoms with Crippen LogP contribution in [0.4, 0.5) is 4.79 Å². The quantitative estimate of drug-likeness (QED) is 0.867. The number of carbonyl (C=O) groups excluding carboxylic acids is 2. The van der Waals surface area contributed by atoms with Gasteiger partial charge in [-0.15, -0.1) is 11.3 Å². The van der Waals surface area contributed by atoms with Crippen molar-refractivity contribution in [3.63, 3.8) is 0 Å². The van der Waals surface area contributed by atoms with Gasteiger partial charge in [0.25, 0.3) is 5.91 Å². The third-order valence-corrected chi connectivity index (χ3v) is 5.14. The lowest BCUT2D eigenvalue weighted by molar-refractivity contribution is -0.157. The van der Waals surface area contributed by atoms with Crippen molar-refractivity contribution in [3.05, 3.63) is 47.3 Å². The second kappa shape index (κ2) is 6.62. The Labute approximate surface area is 144 Å². The molecule has 0 saturated carbocycles. The predicted octanol–water partition coefficient (Wildman–Crippen LogP) is 1.81. The average Bonchev–Trinajstić information content (AvgIpc) is 3.07. The van der Waals surface area contributed by atoms with Crippen molar-refractivity contribution in [1.29, 1.82) is 0 Å². The number of methoxy groups -OCH3 is 1. The van der Waals surface area contributed by atoms with Crippen LogP contribution in [0.25, 0.3) is 10.4 Å². The van der Waals surface area contributed by atoms with Crippen LogP contribution in [0, 0.1) is 0 Å². The highest BCUT2D eigenvalue weighted by molar-refractivity contribution is 7.13. The number of nitrogens with one attached hydrogen (secondary N) is 1. The van der Waals surface area contributed by atoms with E-state index in [1.165, 1.54) is 16.9 Å². The number of hydrogen-bond acceptors (Lipinski definition) is 4. The van der Waals surface area contributed by atoms with Crippen LogP contribution in [-0.2, 0) is 16.1 Å². The third-order valence-electron chi connectivity index (χ3n) is 4.22.